The van der Waals surface area contributed by atoms with Gasteiger partial charge in [0.15, 0.2) is 46.7 Å². The number of carbonyl (C=O) groups is 2. The van der Waals surface area contributed by atoms with Gasteiger partial charge in [0.25, 0.3) is 11.4 Å². The molecule has 3 heterocycles. The third-order valence-electron chi connectivity index (χ3n) is 7.89. The van der Waals surface area contributed by atoms with E-state index < -0.39 is 124 Å². The average molecular weight is 632 g/mol. The Bertz CT molecular complexity index is 1720. The van der Waals surface area contributed by atoms with Crippen LogP contribution in [-0.4, -0.2) is 98.8 Å². The highest BCUT2D eigenvalue weighted by Crippen LogP contribution is 2.61. The lowest BCUT2D eigenvalue weighted by molar-refractivity contribution is -0.251. The molecule has 1 saturated heterocycles. The third kappa shape index (κ3) is 4.09. The Morgan fingerprint density at radius 1 is 0.889 bits per heavy atom. The number of hydrogen-bond donors (Lipinski definition) is 11. The Morgan fingerprint density at radius 3 is 2.04 bits per heavy atom. The minimum absolute atomic E-state index is 0.163. The molecular formula is C28H24O17. The van der Waals surface area contributed by atoms with Gasteiger partial charge in [0.1, 0.15) is 29.5 Å². The van der Waals surface area contributed by atoms with Gasteiger partial charge in [0, 0.05) is 23.6 Å². The number of esters is 2. The van der Waals surface area contributed by atoms with E-state index in [-0.39, 0.29) is 11.1 Å². The van der Waals surface area contributed by atoms with Gasteiger partial charge in [0.05, 0.1) is 17.7 Å². The van der Waals surface area contributed by atoms with Crippen molar-refractivity contribution in [1.82, 2.24) is 0 Å². The van der Waals surface area contributed by atoms with Crippen molar-refractivity contribution < 1.29 is 84.7 Å². The Balaban J connectivity index is 1.48. The molecule has 0 radical (unpaired) electrons. The number of aliphatic hydroxyl groups is 4. The molecule has 11 N–H and O–H groups in total. The highest BCUT2D eigenvalue weighted by atomic mass is 16.7. The molecule has 6 rings (SSSR count). The number of aliphatic hydroxyl groups excluding tert-OH is 2. The van der Waals surface area contributed by atoms with E-state index in [9.17, 15) is 65.8 Å². The second-order valence-electron chi connectivity index (χ2n) is 10.6. The number of aromatic hydroxyl groups is 7. The largest absolute Gasteiger partial charge is 0.507 e. The van der Waals surface area contributed by atoms with E-state index in [1.54, 1.807) is 0 Å². The van der Waals surface area contributed by atoms with E-state index >= 15 is 0 Å². The van der Waals surface area contributed by atoms with Crippen LogP contribution in [0.3, 0.4) is 0 Å². The van der Waals surface area contributed by atoms with Crippen LogP contribution in [-0.2, 0) is 26.3 Å². The molecule has 238 valence electrons. The van der Waals surface area contributed by atoms with Crippen LogP contribution >= 0.6 is 0 Å². The molecule has 0 saturated carbocycles. The van der Waals surface area contributed by atoms with Gasteiger partial charge in [-0.3, -0.25) is 0 Å². The summed E-state index contributed by atoms with van der Waals surface area (Å²) in [6.07, 6.45) is -7.51. The number of fused-ring (bicyclic) bond motifs is 5. The lowest BCUT2D eigenvalue weighted by atomic mass is 9.82. The maximum atomic E-state index is 13.1. The zero-order valence-electron chi connectivity index (χ0n) is 22.5. The monoisotopic (exact) mass is 632 g/mol. The van der Waals surface area contributed by atoms with Crippen molar-refractivity contribution >= 4 is 11.9 Å². The summed E-state index contributed by atoms with van der Waals surface area (Å²) < 4.78 is 22.0. The van der Waals surface area contributed by atoms with Crippen molar-refractivity contribution in [2.75, 3.05) is 6.61 Å². The van der Waals surface area contributed by atoms with E-state index in [1.807, 2.05) is 0 Å². The summed E-state index contributed by atoms with van der Waals surface area (Å²) in [4.78, 5) is 26.1. The highest BCUT2D eigenvalue weighted by molar-refractivity contribution is 5.92. The number of hydrogen-bond acceptors (Lipinski definition) is 17. The van der Waals surface area contributed by atoms with Crippen LogP contribution in [0.4, 0.5) is 0 Å². The SMILES string of the molecule is O=C(O[C@H]1Cc2c(O)cc3c(c2O[C@@H]1c1cc(O)c(O)c(O)c1)[C@]1(O)C(=O)O[C@@H]([C@@H](O)CO)[C@]1(O)O3)c1cc(O)c(O)c(O)c1. The Hall–Kier alpha value is -5.36. The topological polar surface area (TPSA) is 294 Å². The van der Waals surface area contributed by atoms with Crippen molar-refractivity contribution in [3.05, 3.63) is 52.6 Å². The Kier molecular flexibility index (Phi) is 6.49. The molecule has 17 nitrogen and oxygen atoms in total. The lowest BCUT2D eigenvalue weighted by Gasteiger charge is -2.36. The molecule has 0 amide bonds. The number of benzene rings is 3. The fraction of sp³-hybridized carbons (Fsp3) is 0.286. The molecule has 3 aliphatic rings. The van der Waals surface area contributed by atoms with Crippen molar-refractivity contribution in [3.63, 3.8) is 0 Å². The molecule has 0 unspecified atom stereocenters. The zero-order valence-corrected chi connectivity index (χ0v) is 22.5. The summed E-state index contributed by atoms with van der Waals surface area (Å²) in [6.45, 7) is -1.02. The molecule has 0 bridgehead atoms. The van der Waals surface area contributed by atoms with E-state index in [0.717, 1.165) is 30.3 Å². The molecule has 0 aromatic heterocycles. The lowest BCUT2D eigenvalue weighted by Crippen LogP contribution is -2.59. The molecular weight excluding hydrogens is 608 g/mol. The molecule has 3 aromatic carbocycles. The third-order valence-corrected chi connectivity index (χ3v) is 7.89. The van der Waals surface area contributed by atoms with Gasteiger partial charge < -0.3 is 75.1 Å². The standard InChI is InChI=1S/C28H24O17/c29-7-16(35)24-28(41)27(40,26(39)44-24)19-17(45-28)6-11(30)10-5-18(42-25(38)9-3-14(33)21(37)15(34)4-9)22(43-23(10)19)8-1-12(31)20(36)13(32)2-8/h1-4,6,16,18,22,24,29-37,40-41H,5,7H2/t16-,18-,22+,24-,27-,28-/m0/s1. The van der Waals surface area contributed by atoms with Crippen LogP contribution in [0.15, 0.2) is 30.3 Å². The first-order valence-electron chi connectivity index (χ1n) is 13.0. The van der Waals surface area contributed by atoms with Crippen LogP contribution in [0.1, 0.15) is 33.2 Å². The minimum Gasteiger partial charge on any atom is -0.507 e. The summed E-state index contributed by atoms with van der Waals surface area (Å²) in [7, 11) is 0. The number of phenols is 7. The number of carbonyl (C=O) groups excluding carboxylic acids is 2. The van der Waals surface area contributed by atoms with E-state index in [4.69, 9.17) is 18.9 Å². The zero-order chi connectivity index (χ0) is 32.7. The first-order chi connectivity index (χ1) is 21.1. The smallest absolute Gasteiger partial charge is 0.351 e. The predicted molar refractivity (Wildman–Crippen MR) is 140 cm³/mol. The number of ether oxygens (including phenoxy) is 4. The first kappa shape index (κ1) is 29.7. The van der Waals surface area contributed by atoms with Crippen molar-refractivity contribution in [2.45, 2.75) is 42.2 Å². The molecule has 1 fully saturated rings. The van der Waals surface area contributed by atoms with Crippen LogP contribution in [0.2, 0.25) is 0 Å². The maximum absolute atomic E-state index is 13.1. The summed E-state index contributed by atoms with van der Waals surface area (Å²) in [5.41, 5.74) is -4.51. The molecule has 0 aliphatic carbocycles. The van der Waals surface area contributed by atoms with Gasteiger partial charge in [-0.1, -0.05) is 0 Å². The number of phenolic OH excluding ortho intramolecular Hbond substituents is 7. The predicted octanol–water partition coefficient (Wildman–Crippen LogP) is -0.925. The second-order valence-corrected chi connectivity index (χ2v) is 10.6. The fourth-order valence-corrected chi connectivity index (χ4v) is 5.68. The summed E-state index contributed by atoms with van der Waals surface area (Å²) in [5.74, 6) is -12.6. The van der Waals surface area contributed by atoms with Gasteiger partial charge in [-0.05, 0) is 24.3 Å². The summed E-state index contributed by atoms with van der Waals surface area (Å²) >= 11 is 0. The van der Waals surface area contributed by atoms with Gasteiger partial charge >= 0.3 is 11.9 Å². The van der Waals surface area contributed by atoms with Crippen molar-refractivity contribution in [3.8, 4) is 51.7 Å². The molecule has 45 heavy (non-hydrogen) atoms. The minimum atomic E-state index is -3.10. The molecule has 3 aromatic rings. The Labute approximate surface area is 250 Å². The van der Waals surface area contributed by atoms with Crippen LogP contribution in [0.25, 0.3) is 0 Å². The van der Waals surface area contributed by atoms with Gasteiger partial charge in [-0.15, -0.1) is 0 Å². The average Bonchev–Trinajstić information content (AvgIpc) is 3.34. The maximum Gasteiger partial charge on any atom is 0.351 e. The van der Waals surface area contributed by atoms with Gasteiger partial charge in [-0.25, -0.2) is 9.59 Å². The van der Waals surface area contributed by atoms with Gasteiger partial charge in [-0.2, -0.15) is 0 Å². The number of rotatable bonds is 5. The Morgan fingerprint density at radius 2 is 1.47 bits per heavy atom. The normalized spacial score (nSPS) is 26.9. The van der Waals surface area contributed by atoms with E-state index in [1.165, 1.54) is 0 Å². The van der Waals surface area contributed by atoms with E-state index in [2.05, 4.69) is 0 Å². The van der Waals surface area contributed by atoms with Crippen molar-refractivity contribution in [1.29, 1.82) is 0 Å². The molecule has 3 aliphatic heterocycles. The molecule has 17 heteroatoms. The van der Waals surface area contributed by atoms with Gasteiger partial charge in [0.2, 0.25) is 0 Å². The van der Waals surface area contributed by atoms with Crippen LogP contribution < -0.4 is 9.47 Å². The highest BCUT2D eigenvalue weighted by Gasteiger charge is 2.77. The molecule has 6 atom stereocenters. The number of cyclic esters (lactones) is 1. The summed E-state index contributed by atoms with van der Waals surface area (Å²) in [6, 6.07) is 4.30. The quantitative estimate of drug-likeness (QED) is 0.120. The van der Waals surface area contributed by atoms with E-state index in [0.29, 0.717) is 0 Å². The fourth-order valence-electron chi connectivity index (χ4n) is 5.68. The first-order valence-corrected chi connectivity index (χ1v) is 13.0. The molecule has 0 spiro atoms. The van der Waals surface area contributed by atoms with Crippen LogP contribution in [0, 0.1) is 0 Å². The van der Waals surface area contributed by atoms with Crippen LogP contribution in [0.5, 0.6) is 51.7 Å². The second kappa shape index (κ2) is 9.83. The van der Waals surface area contributed by atoms with Crippen molar-refractivity contribution in [2.24, 2.45) is 0 Å². The summed E-state index contributed by atoms with van der Waals surface area (Å²) in [5, 5.41) is 113.